The summed E-state index contributed by atoms with van der Waals surface area (Å²) in [6, 6.07) is -0.504. The molecule has 57 heavy (non-hydrogen) atoms. The molecular weight excluding hydrogens is 805 g/mol. The Morgan fingerprint density at radius 3 is 1.05 bits per heavy atom. The molecule has 0 saturated carbocycles. The lowest BCUT2D eigenvalue weighted by Gasteiger charge is -2.28. The molecule has 0 rings (SSSR count). The van der Waals surface area contributed by atoms with Crippen LogP contribution in [0.1, 0.15) is 84.5 Å². The monoisotopic (exact) mass is 884 g/mol. The summed E-state index contributed by atoms with van der Waals surface area (Å²) >= 11 is 0. The smallest absolute Gasteiger partial charge is 0.390 e. The van der Waals surface area contributed by atoms with Crippen LogP contribution in [0.5, 0.6) is 0 Å². The van der Waals surface area contributed by atoms with Crippen LogP contribution < -0.4 is 0 Å². The lowest BCUT2D eigenvalue weighted by atomic mass is 10.0. The molecule has 5 atom stereocenters. The molecule has 0 bridgehead atoms. The van der Waals surface area contributed by atoms with Crippen molar-refractivity contribution in [1.29, 1.82) is 0 Å². The summed E-state index contributed by atoms with van der Waals surface area (Å²) < 4.78 is 22.2. The maximum atomic E-state index is 10.8. The van der Waals surface area contributed by atoms with Crippen LogP contribution in [-0.2, 0) is 18.9 Å². The van der Waals surface area contributed by atoms with Gasteiger partial charge < -0.3 is 82.5 Å². The fourth-order valence-electron chi connectivity index (χ4n) is 6.10. The van der Waals surface area contributed by atoms with Crippen molar-refractivity contribution in [3.05, 3.63) is 0 Å². The third kappa shape index (κ3) is 39.8. The second kappa shape index (κ2) is 33.5. The Bertz CT molecular complexity index is 889. The Balaban J connectivity index is 5.08. The van der Waals surface area contributed by atoms with Crippen LogP contribution in [0, 0.1) is 5.92 Å². The van der Waals surface area contributed by atoms with E-state index in [0.717, 1.165) is 51.4 Å². The van der Waals surface area contributed by atoms with Gasteiger partial charge in [-0.2, -0.15) is 0 Å². The van der Waals surface area contributed by atoms with Crippen molar-refractivity contribution in [3.63, 3.8) is 0 Å². The van der Waals surface area contributed by atoms with Crippen molar-refractivity contribution in [1.82, 2.24) is 9.80 Å². The Morgan fingerprint density at radius 1 is 0.421 bits per heavy atom. The highest BCUT2D eigenvalue weighted by Crippen LogP contribution is 2.14. The molecule has 0 aliphatic rings. The molecule has 0 radical (unpaired) electrons. The molecule has 0 aliphatic heterocycles. The van der Waals surface area contributed by atoms with Gasteiger partial charge >= 0.3 is 26.4 Å². The normalized spacial score (nSPS) is 15.7. The second-order valence-corrected chi connectivity index (χ2v) is 21.5. The molecule has 0 saturated heterocycles. The standard InChI is InChI=1S/C35H80N2O17Si3/c1-3-5-13-31(4-2)26-54-30-35(41)25-37(24-34(40)29-53-18-12-21-57(48,49)50)15-9-7-6-8-14-36(22-32(38)27-51-16-10-19-55(42,43)44)23-33(39)28-52-17-11-20-56(45,46)47/h31-35,38-50H,3-30H2,1-2H3. The van der Waals surface area contributed by atoms with Gasteiger partial charge in [0, 0.05) is 70.7 Å². The minimum atomic E-state index is -4.16. The van der Waals surface area contributed by atoms with Crippen LogP contribution >= 0.6 is 0 Å². The summed E-state index contributed by atoms with van der Waals surface area (Å²) in [5.74, 6) is 0.442. The minimum absolute atomic E-state index is 0.00558. The van der Waals surface area contributed by atoms with E-state index in [2.05, 4.69) is 13.8 Å². The van der Waals surface area contributed by atoms with Crippen LogP contribution in [0.3, 0.4) is 0 Å². The fourth-order valence-corrected chi connectivity index (χ4v) is 7.96. The van der Waals surface area contributed by atoms with Gasteiger partial charge in [0.2, 0.25) is 0 Å². The van der Waals surface area contributed by atoms with E-state index in [4.69, 9.17) is 62.1 Å². The maximum Gasteiger partial charge on any atom is 0.492 e. The zero-order valence-corrected chi connectivity index (χ0v) is 37.5. The molecular formula is C35H80N2O17Si3. The predicted octanol–water partition coefficient (Wildman–Crippen LogP) is -2.21. The summed E-state index contributed by atoms with van der Waals surface area (Å²) in [7, 11) is -12.5. The quantitative estimate of drug-likeness (QED) is 0.0229. The van der Waals surface area contributed by atoms with E-state index in [1.807, 2.05) is 9.80 Å². The molecule has 0 aliphatic carbocycles. The molecule has 0 heterocycles. The maximum absolute atomic E-state index is 10.8. The minimum Gasteiger partial charge on any atom is -0.390 e. The zero-order chi connectivity index (χ0) is 43.2. The summed E-state index contributed by atoms with van der Waals surface area (Å²) in [5, 5.41) is 42.7. The highest BCUT2D eigenvalue weighted by Gasteiger charge is 2.27. The zero-order valence-electron chi connectivity index (χ0n) is 34.5. The molecule has 0 aromatic heterocycles. The van der Waals surface area contributed by atoms with Gasteiger partial charge in [0.25, 0.3) is 0 Å². The van der Waals surface area contributed by atoms with Crippen LogP contribution in [0.25, 0.3) is 0 Å². The third-order valence-electron chi connectivity index (χ3n) is 9.11. The predicted molar refractivity (Wildman–Crippen MR) is 217 cm³/mol. The van der Waals surface area contributed by atoms with Crippen molar-refractivity contribution in [2.45, 2.75) is 127 Å². The number of hydrogen-bond donors (Lipinski definition) is 13. The van der Waals surface area contributed by atoms with E-state index < -0.39 is 50.8 Å². The molecule has 0 aromatic rings. The second-order valence-electron chi connectivity index (χ2n) is 15.4. The van der Waals surface area contributed by atoms with Crippen LogP contribution in [0.2, 0.25) is 18.1 Å². The van der Waals surface area contributed by atoms with Crippen LogP contribution in [-0.4, -0.2) is 216 Å². The number of hydrogen-bond acceptors (Lipinski definition) is 19. The van der Waals surface area contributed by atoms with Crippen molar-refractivity contribution < 1.29 is 82.5 Å². The van der Waals surface area contributed by atoms with Gasteiger partial charge in [0.15, 0.2) is 0 Å². The van der Waals surface area contributed by atoms with Crippen LogP contribution in [0.4, 0.5) is 0 Å². The molecule has 5 unspecified atom stereocenters. The lowest BCUT2D eigenvalue weighted by molar-refractivity contribution is -0.0165. The van der Waals surface area contributed by atoms with Gasteiger partial charge in [-0.3, -0.25) is 9.80 Å². The molecule has 13 N–H and O–H groups in total. The molecule has 0 aromatic carbocycles. The molecule has 22 heteroatoms. The van der Waals surface area contributed by atoms with Gasteiger partial charge in [-0.15, -0.1) is 0 Å². The SMILES string of the molecule is CCCCC(CC)COCC(O)CN(CCCCCCN(CC(O)COCCC[Si](O)(O)O)CC(O)COCCC[Si](O)(O)O)CC(O)COCCC[Si](O)(O)O. The van der Waals surface area contributed by atoms with Gasteiger partial charge in [-0.1, -0.05) is 46.0 Å². The lowest BCUT2D eigenvalue weighted by Crippen LogP contribution is -2.42. The first-order valence-electron chi connectivity index (χ1n) is 20.7. The van der Waals surface area contributed by atoms with E-state index in [1.54, 1.807) is 0 Å². The first-order valence-corrected chi connectivity index (χ1v) is 26.9. The fraction of sp³-hybridized carbons (Fsp3) is 1.00. The Morgan fingerprint density at radius 2 is 0.754 bits per heavy atom. The van der Waals surface area contributed by atoms with Crippen molar-refractivity contribution in [3.8, 4) is 0 Å². The first-order chi connectivity index (χ1) is 26.7. The summed E-state index contributed by atoms with van der Waals surface area (Å²) in [6.45, 7) is 7.38. The highest BCUT2D eigenvalue weighted by molar-refractivity contribution is 6.56. The highest BCUT2D eigenvalue weighted by atomic mass is 28.4. The number of rotatable bonds is 41. The van der Waals surface area contributed by atoms with Crippen molar-refractivity contribution in [2.75, 3.05) is 92.1 Å². The number of aliphatic hydroxyl groups excluding tert-OH is 4. The van der Waals surface area contributed by atoms with E-state index in [9.17, 15) is 20.4 Å². The largest absolute Gasteiger partial charge is 0.492 e. The average molecular weight is 885 g/mol. The topological polar surface area (TPSA) is 306 Å². The average Bonchev–Trinajstić information content (AvgIpc) is 3.09. The summed E-state index contributed by atoms with van der Waals surface area (Å²) in [5.41, 5.74) is 0. The molecule has 19 nitrogen and oxygen atoms in total. The third-order valence-corrected chi connectivity index (χ3v) is 12.2. The van der Waals surface area contributed by atoms with E-state index in [0.29, 0.717) is 25.6 Å². The van der Waals surface area contributed by atoms with Gasteiger partial charge in [0.05, 0.1) is 50.8 Å². The van der Waals surface area contributed by atoms with Gasteiger partial charge in [-0.05, 0) is 57.5 Å². The van der Waals surface area contributed by atoms with Gasteiger partial charge in [0.1, 0.15) is 0 Å². The summed E-state index contributed by atoms with van der Waals surface area (Å²) in [4.78, 5) is 86.2. The Hall–Kier alpha value is -0.109. The number of ether oxygens (including phenoxy) is 4. The number of aliphatic hydroxyl groups is 4. The first kappa shape index (κ1) is 56.9. The van der Waals surface area contributed by atoms with Gasteiger partial charge in [-0.25, -0.2) is 0 Å². The number of nitrogens with zero attached hydrogens (tertiary/aromatic N) is 2. The van der Waals surface area contributed by atoms with Crippen molar-refractivity contribution in [2.24, 2.45) is 5.92 Å². The summed E-state index contributed by atoms with van der Waals surface area (Å²) in [6.07, 6.45) is 4.70. The van der Waals surface area contributed by atoms with Crippen molar-refractivity contribution >= 4 is 26.4 Å². The molecule has 0 fully saturated rings. The van der Waals surface area contributed by atoms with Crippen LogP contribution in [0.15, 0.2) is 0 Å². The molecule has 344 valence electrons. The van der Waals surface area contributed by atoms with E-state index in [-0.39, 0.29) is 110 Å². The molecule has 0 amide bonds. The van der Waals surface area contributed by atoms with E-state index >= 15 is 0 Å². The Labute approximate surface area is 343 Å². The molecule has 0 spiro atoms. The van der Waals surface area contributed by atoms with E-state index in [1.165, 1.54) is 0 Å². The Kier molecular flexibility index (Phi) is 33.4. The number of unbranched alkanes of at least 4 members (excludes halogenated alkanes) is 4.